The van der Waals surface area contributed by atoms with Crippen LogP contribution in [0.4, 0.5) is 4.39 Å². The SMILES string of the molecule is O=C(CCN1CCCN(Cc2ccc(F)cc2)CC1)N1CCNCC1. The summed E-state index contributed by atoms with van der Waals surface area (Å²) in [6, 6.07) is 6.79. The molecule has 1 aromatic rings. The first-order valence-electron chi connectivity index (χ1n) is 9.38. The Hall–Kier alpha value is -1.50. The van der Waals surface area contributed by atoms with Crippen molar-refractivity contribution < 1.29 is 9.18 Å². The van der Waals surface area contributed by atoms with Gasteiger partial charge in [-0.15, -0.1) is 0 Å². The predicted molar refractivity (Wildman–Crippen MR) is 96.8 cm³/mol. The van der Waals surface area contributed by atoms with Gasteiger partial charge in [0.05, 0.1) is 0 Å². The van der Waals surface area contributed by atoms with E-state index in [1.807, 2.05) is 17.0 Å². The van der Waals surface area contributed by atoms with Crippen LogP contribution in [-0.2, 0) is 11.3 Å². The van der Waals surface area contributed by atoms with E-state index in [0.29, 0.717) is 6.42 Å². The maximum Gasteiger partial charge on any atom is 0.223 e. The number of nitrogens with zero attached hydrogens (tertiary/aromatic N) is 3. The number of carbonyl (C=O) groups is 1. The van der Waals surface area contributed by atoms with Gasteiger partial charge < -0.3 is 15.1 Å². The Balaban J connectivity index is 1.40. The Morgan fingerprint density at radius 1 is 0.960 bits per heavy atom. The molecule has 0 aliphatic carbocycles. The zero-order chi connectivity index (χ0) is 17.5. The quantitative estimate of drug-likeness (QED) is 0.867. The van der Waals surface area contributed by atoms with Gasteiger partial charge in [0.1, 0.15) is 5.82 Å². The largest absolute Gasteiger partial charge is 0.340 e. The number of hydrogen-bond acceptors (Lipinski definition) is 4. The molecule has 2 fully saturated rings. The lowest BCUT2D eigenvalue weighted by atomic mass is 10.2. The highest BCUT2D eigenvalue weighted by Gasteiger charge is 2.19. The third-order valence-corrected chi connectivity index (χ3v) is 5.11. The lowest BCUT2D eigenvalue weighted by Gasteiger charge is -2.28. The van der Waals surface area contributed by atoms with Gasteiger partial charge >= 0.3 is 0 Å². The van der Waals surface area contributed by atoms with E-state index in [2.05, 4.69) is 15.1 Å². The van der Waals surface area contributed by atoms with E-state index in [1.165, 1.54) is 12.1 Å². The minimum absolute atomic E-state index is 0.181. The first-order valence-corrected chi connectivity index (χ1v) is 9.38. The number of amides is 1. The smallest absolute Gasteiger partial charge is 0.223 e. The van der Waals surface area contributed by atoms with Gasteiger partial charge in [0, 0.05) is 58.8 Å². The van der Waals surface area contributed by atoms with Crippen molar-refractivity contribution in [1.29, 1.82) is 0 Å². The van der Waals surface area contributed by atoms with E-state index in [1.54, 1.807) is 0 Å². The standard InChI is InChI=1S/C19H29FN4O/c20-18-4-2-17(3-5-18)16-23-10-1-9-22(14-15-23)11-6-19(25)24-12-7-21-8-13-24/h2-5,21H,1,6-16H2. The Labute approximate surface area is 149 Å². The average molecular weight is 348 g/mol. The number of piperazine rings is 1. The molecule has 0 radical (unpaired) electrons. The molecule has 0 bridgehead atoms. The summed E-state index contributed by atoms with van der Waals surface area (Å²) in [5.41, 5.74) is 1.16. The number of carbonyl (C=O) groups excluding carboxylic acids is 1. The van der Waals surface area contributed by atoms with E-state index in [4.69, 9.17) is 0 Å². The first-order chi connectivity index (χ1) is 12.2. The van der Waals surface area contributed by atoms with Crippen molar-refractivity contribution in [2.24, 2.45) is 0 Å². The summed E-state index contributed by atoms with van der Waals surface area (Å²) >= 11 is 0. The summed E-state index contributed by atoms with van der Waals surface area (Å²) in [6.45, 7) is 9.32. The van der Waals surface area contributed by atoms with E-state index in [-0.39, 0.29) is 11.7 Å². The van der Waals surface area contributed by atoms with Crippen LogP contribution < -0.4 is 5.32 Å². The lowest BCUT2D eigenvalue weighted by molar-refractivity contribution is -0.132. The third-order valence-electron chi connectivity index (χ3n) is 5.11. The number of nitrogens with one attached hydrogen (secondary N) is 1. The highest BCUT2D eigenvalue weighted by molar-refractivity contribution is 5.76. The van der Waals surface area contributed by atoms with Crippen LogP contribution in [0, 0.1) is 5.82 Å². The Kier molecular flexibility index (Phi) is 6.78. The Morgan fingerprint density at radius 3 is 2.40 bits per heavy atom. The van der Waals surface area contributed by atoms with Crippen molar-refractivity contribution in [1.82, 2.24) is 20.0 Å². The zero-order valence-corrected chi connectivity index (χ0v) is 14.9. The summed E-state index contributed by atoms with van der Waals surface area (Å²) in [5, 5.41) is 3.28. The van der Waals surface area contributed by atoms with E-state index < -0.39 is 0 Å². The molecule has 3 rings (SSSR count). The summed E-state index contributed by atoms with van der Waals surface area (Å²) in [7, 11) is 0. The number of halogens is 1. The molecule has 0 aromatic heterocycles. The summed E-state index contributed by atoms with van der Waals surface area (Å²) in [6.07, 6.45) is 1.74. The first kappa shape index (κ1) is 18.3. The van der Waals surface area contributed by atoms with Gasteiger partial charge in [-0.25, -0.2) is 4.39 Å². The Morgan fingerprint density at radius 2 is 1.64 bits per heavy atom. The fourth-order valence-electron chi connectivity index (χ4n) is 3.58. The molecule has 0 unspecified atom stereocenters. The molecule has 1 N–H and O–H groups in total. The predicted octanol–water partition coefficient (Wildman–Crippen LogP) is 1.16. The number of benzene rings is 1. The highest BCUT2D eigenvalue weighted by Crippen LogP contribution is 2.11. The number of hydrogen-bond donors (Lipinski definition) is 1. The molecule has 5 nitrogen and oxygen atoms in total. The maximum absolute atomic E-state index is 13.0. The zero-order valence-electron chi connectivity index (χ0n) is 14.9. The van der Waals surface area contributed by atoms with Gasteiger partial charge in [-0.3, -0.25) is 9.69 Å². The monoisotopic (exact) mass is 348 g/mol. The molecule has 1 amide bonds. The minimum atomic E-state index is -0.181. The fourth-order valence-corrected chi connectivity index (χ4v) is 3.58. The minimum Gasteiger partial charge on any atom is -0.340 e. The summed E-state index contributed by atoms with van der Waals surface area (Å²) in [5.74, 6) is 0.105. The molecule has 2 aliphatic rings. The van der Waals surface area contributed by atoms with Crippen LogP contribution in [0.2, 0.25) is 0 Å². The second kappa shape index (κ2) is 9.27. The van der Waals surface area contributed by atoms with Crippen molar-refractivity contribution in [3.8, 4) is 0 Å². The van der Waals surface area contributed by atoms with Crippen LogP contribution >= 0.6 is 0 Å². The maximum atomic E-state index is 13.0. The van der Waals surface area contributed by atoms with Crippen LogP contribution in [0.1, 0.15) is 18.4 Å². The van der Waals surface area contributed by atoms with Gasteiger partial charge in [0.25, 0.3) is 0 Å². The molecule has 0 saturated carbocycles. The molecule has 6 heteroatoms. The van der Waals surface area contributed by atoms with Gasteiger partial charge in [-0.1, -0.05) is 12.1 Å². The normalized spacial score (nSPS) is 20.4. The molecule has 2 heterocycles. The second-order valence-corrected chi connectivity index (χ2v) is 6.98. The molecular formula is C19H29FN4O. The van der Waals surface area contributed by atoms with E-state index >= 15 is 0 Å². The van der Waals surface area contributed by atoms with Crippen LogP contribution in [0.3, 0.4) is 0 Å². The molecule has 1 aromatic carbocycles. The Bertz CT molecular complexity index is 545. The van der Waals surface area contributed by atoms with Crippen LogP contribution in [0.5, 0.6) is 0 Å². The highest BCUT2D eigenvalue weighted by atomic mass is 19.1. The molecule has 2 saturated heterocycles. The third kappa shape index (κ3) is 5.76. The van der Waals surface area contributed by atoms with Gasteiger partial charge in [0.2, 0.25) is 5.91 Å². The lowest BCUT2D eigenvalue weighted by Crippen LogP contribution is -2.47. The van der Waals surface area contributed by atoms with Crippen LogP contribution in [-0.4, -0.2) is 79.5 Å². The number of rotatable bonds is 5. The molecule has 2 aliphatic heterocycles. The van der Waals surface area contributed by atoms with Crippen molar-refractivity contribution in [3.63, 3.8) is 0 Å². The molecular weight excluding hydrogens is 319 g/mol. The molecule has 25 heavy (non-hydrogen) atoms. The second-order valence-electron chi connectivity index (χ2n) is 6.98. The fraction of sp³-hybridized carbons (Fsp3) is 0.632. The van der Waals surface area contributed by atoms with Crippen LogP contribution in [0.15, 0.2) is 24.3 Å². The van der Waals surface area contributed by atoms with E-state index in [9.17, 15) is 9.18 Å². The van der Waals surface area contributed by atoms with Crippen molar-refractivity contribution in [2.75, 3.05) is 58.9 Å². The van der Waals surface area contributed by atoms with Crippen molar-refractivity contribution in [3.05, 3.63) is 35.6 Å². The van der Waals surface area contributed by atoms with Crippen molar-refractivity contribution >= 4 is 5.91 Å². The average Bonchev–Trinajstić information content (AvgIpc) is 2.87. The molecule has 138 valence electrons. The van der Waals surface area contributed by atoms with Gasteiger partial charge in [0.15, 0.2) is 0 Å². The summed E-state index contributed by atoms with van der Waals surface area (Å²) in [4.78, 5) is 19.1. The van der Waals surface area contributed by atoms with Crippen molar-refractivity contribution in [2.45, 2.75) is 19.4 Å². The summed E-state index contributed by atoms with van der Waals surface area (Å²) < 4.78 is 13.0. The molecule has 0 spiro atoms. The van der Waals surface area contributed by atoms with E-state index in [0.717, 1.165) is 77.4 Å². The van der Waals surface area contributed by atoms with Crippen LogP contribution in [0.25, 0.3) is 0 Å². The molecule has 0 atom stereocenters. The van der Waals surface area contributed by atoms with Gasteiger partial charge in [-0.05, 0) is 37.2 Å². The topological polar surface area (TPSA) is 38.8 Å². The van der Waals surface area contributed by atoms with Gasteiger partial charge in [-0.2, -0.15) is 0 Å².